The highest BCUT2D eigenvalue weighted by atomic mass is 28.4. The molecule has 52 heavy (non-hydrogen) atoms. The maximum atomic E-state index is 15.0. The summed E-state index contributed by atoms with van der Waals surface area (Å²) in [5.41, 5.74) is 3.08. The molecule has 4 heterocycles. The monoisotopic (exact) mass is 726 g/mol. The number of piperidine rings is 1. The summed E-state index contributed by atoms with van der Waals surface area (Å²) in [6, 6.07) is 20.7. The van der Waals surface area contributed by atoms with E-state index in [2.05, 4.69) is 10.6 Å². The molecule has 12 heteroatoms. The SMILES string of the molecule is COc1ccc2c(c1)[C@@]1(O[C@H](CC(=O)N3Cc4ccccc4C[C@H]3CO)[C@@H]([Si](C)(C)O)[C@@H]1C)C(=O)N2Cc1cccc(NC(=O)C2CCCNC2)c1. The number of rotatable bonds is 9. The van der Waals surface area contributed by atoms with Crippen molar-refractivity contribution in [2.45, 2.75) is 82.1 Å². The molecule has 3 aromatic carbocycles. The lowest BCUT2D eigenvalue weighted by Gasteiger charge is -2.37. The number of carbonyl (C=O) groups excluding carboxylic acids is 3. The van der Waals surface area contributed by atoms with Gasteiger partial charge in [0.1, 0.15) is 5.75 Å². The summed E-state index contributed by atoms with van der Waals surface area (Å²) in [7, 11) is -1.46. The number of nitrogens with one attached hydrogen (secondary N) is 2. The van der Waals surface area contributed by atoms with E-state index in [1.165, 1.54) is 0 Å². The number of carbonyl (C=O) groups is 3. The van der Waals surface area contributed by atoms with Gasteiger partial charge in [0, 0.05) is 35.8 Å². The first kappa shape index (κ1) is 36.3. The number of fused-ring (bicyclic) bond motifs is 3. The second-order valence-corrected chi connectivity index (χ2v) is 19.4. The molecule has 276 valence electrons. The fourth-order valence-corrected chi connectivity index (χ4v) is 11.7. The van der Waals surface area contributed by atoms with E-state index in [1.807, 2.05) is 86.7 Å². The van der Waals surface area contributed by atoms with Crippen LogP contribution in [-0.2, 0) is 44.2 Å². The summed E-state index contributed by atoms with van der Waals surface area (Å²) in [5.74, 6) is -0.447. The zero-order valence-corrected chi connectivity index (χ0v) is 31.4. The summed E-state index contributed by atoms with van der Waals surface area (Å²) in [5, 5.41) is 16.7. The third-order valence-electron chi connectivity index (χ3n) is 11.7. The zero-order chi connectivity index (χ0) is 36.8. The number of hydrogen-bond acceptors (Lipinski definition) is 8. The Morgan fingerprint density at radius 3 is 2.60 bits per heavy atom. The molecule has 0 aromatic heterocycles. The molecule has 4 N–H and O–H groups in total. The lowest BCUT2D eigenvalue weighted by Crippen LogP contribution is -2.48. The number of ether oxygens (including phenoxy) is 2. The normalized spacial score (nSPS) is 27.0. The van der Waals surface area contributed by atoms with Crippen LogP contribution in [0.25, 0.3) is 0 Å². The summed E-state index contributed by atoms with van der Waals surface area (Å²) < 4.78 is 12.6. The Balaban J connectivity index is 1.19. The summed E-state index contributed by atoms with van der Waals surface area (Å²) in [6.07, 6.45) is 1.59. The van der Waals surface area contributed by atoms with E-state index in [-0.39, 0.29) is 49.3 Å². The minimum Gasteiger partial charge on any atom is -0.497 e. The van der Waals surface area contributed by atoms with Gasteiger partial charge in [0.05, 0.1) is 50.4 Å². The quantitative estimate of drug-likeness (QED) is 0.239. The number of methoxy groups -OCH3 is 1. The van der Waals surface area contributed by atoms with Crippen LogP contribution in [-0.4, -0.2) is 79.8 Å². The second kappa shape index (κ2) is 14.4. The number of hydrogen-bond donors (Lipinski definition) is 4. The molecule has 3 amide bonds. The molecule has 0 saturated carbocycles. The largest absolute Gasteiger partial charge is 0.497 e. The standard InChI is InChI=1S/C40H50N4O7Si/c1-25-37(52(3,4)49)35(20-36(46)43-23-29-11-6-5-10-27(29)18-31(43)24-45)51-40(25)33-19-32(50-2)14-15-34(33)44(39(40)48)22-26-9-7-13-30(17-26)42-38(47)28-12-8-16-41-21-28/h5-7,9-11,13-15,17,19,25,28,31,35,37,41,45,49H,8,12,16,18,20-24H2,1-4H3,(H,42,47)/t25-,28?,31-,35+,37-,40+/m0/s1. The molecule has 6 atom stereocenters. The van der Waals surface area contributed by atoms with Gasteiger partial charge in [0.25, 0.3) is 5.91 Å². The first-order valence-corrected chi connectivity index (χ1v) is 21.4. The van der Waals surface area contributed by atoms with Crippen LogP contribution >= 0.6 is 0 Å². The molecular weight excluding hydrogens is 677 g/mol. The van der Waals surface area contributed by atoms with Crippen LogP contribution in [0.5, 0.6) is 5.75 Å². The molecule has 4 aliphatic rings. The van der Waals surface area contributed by atoms with Crippen molar-refractivity contribution in [3.05, 3.63) is 89.0 Å². The van der Waals surface area contributed by atoms with Crippen LogP contribution in [0.1, 0.15) is 48.4 Å². The van der Waals surface area contributed by atoms with Gasteiger partial charge in [-0.25, -0.2) is 0 Å². The number of benzene rings is 3. The van der Waals surface area contributed by atoms with E-state index >= 15 is 4.79 Å². The molecule has 0 bridgehead atoms. The average molecular weight is 727 g/mol. The molecule has 7 rings (SSSR count). The van der Waals surface area contributed by atoms with E-state index in [1.54, 1.807) is 16.9 Å². The van der Waals surface area contributed by atoms with Crippen molar-refractivity contribution in [2.75, 3.05) is 37.0 Å². The van der Waals surface area contributed by atoms with Crippen LogP contribution in [0.2, 0.25) is 18.6 Å². The predicted molar refractivity (Wildman–Crippen MR) is 200 cm³/mol. The number of aliphatic hydroxyl groups excluding tert-OH is 1. The molecule has 0 aliphatic carbocycles. The zero-order valence-electron chi connectivity index (χ0n) is 30.4. The van der Waals surface area contributed by atoms with E-state index in [0.29, 0.717) is 42.2 Å². The van der Waals surface area contributed by atoms with Crippen molar-refractivity contribution in [3.8, 4) is 5.75 Å². The van der Waals surface area contributed by atoms with Gasteiger partial charge in [-0.1, -0.05) is 43.3 Å². The summed E-state index contributed by atoms with van der Waals surface area (Å²) in [6.45, 7) is 7.65. The fraction of sp³-hybridized carbons (Fsp3) is 0.475. The van der Waals surface area contributed by atoms with Crippen LogP contribution in [0, 0.1) is 11.8 Å². The van der Waals surface area contributed by atoms with Crippen LogP contribution in [0.4, 0.5) is 11.4 Å². The van der Waals surface area contributed by atoms with E-state index in [9.17, 15) is 19.5 Å². The first-order valence-electron chi connectivity index (χ1n) is 18.4. The first-order chi connectivity index (χ1) is 24.9. The van der Waals surface area contributed by atoms with E-state index in [4.69, 9.17) is 9.47 Å². The van der Waals surface area contributed by atoms with Crippen LogP contribution in [0.3, 0.4) is 0 Å². The lowest BCUT2D eigenvalue weighted by atomic mass is 9.82. The Morgan fingerprint density at radius 1 is 1.10 bits per heavy atom. The maximum Gasteiger partial charge on any atom is 0.264 e. The van der Waals surface area contributed by atoms with E-state index in [0.717, 1.165) is 36.1 Å². The van der Waals surface area contributed by atoms with Gasteiger partial charge in [-0.05, 0) is 85.9 Å². The number of aliphatic hydroxyl groups is 1. The molecule has 0 radical (unpaired) electrons. The van der Waals surface area contributed by atoms with Gasteiger partial charge in [0.15, 0.2) is 13.9 Å². The molecule has 4 aliphatic heterocycles. The molecule has 3 aromatic rings. The van der Waals surface area contributed by atoms with Crippen molar-refractivity contribution < 1.29 is 33.8 Å². The Bertz CT molecular complexity index is 1840. The second-order valence-electron chi connectivity index (χ2n) is 15.4. The van der Waals surface area contributed by atoms with Crippen molar-refractivity contribution in [3.63, 3.8) is 0 Å². The maximum absolute atomic E-state index is 15.0. The topological polar surface area (TPSA) is 141 Å². The predicted octanol–water partition coefficient (Wildman–Crippen LogP) is 4.31. The highest BCUT2D eigenvalue weighted by Gasteiger charge is 2.66. The Kier molecular flexibility index (Phi) is 10.0. The van der Waals surface area contributed by atoms with Gasteiger partial charge < -0.3 is 39.8 Å². The van der Waals surface area contributed by atoms with Gasteiger partial charge in [-0.2, -0.15) is 0 Å². The van der Waals surface area contributed by atoms with Crippen LogP contribution in [0.15, 0.2) is 66.7 Å². The molecular formula is C40H50N4O7Si. The summed E-state index contributed by atoms with van der Waals surface area (Å²) >= 11 is 0. The van der Waals surface area contributed by atoms with Crippen molar-refractivity contribution in [1.29, 1.82) is 0 Å². The van der Waals surface area contributed by atoms with Gasteiger partial charge in [0.2, 0.25) is 11.8 Å². The third kappa shape index (κ3) is 6.55. The number of nitrogens with zero attached hydrogens (tertiary/aromatic N) is 2. The van der Waals surface area contributed by atoms with Crippen molar-refractivity contribution in [2.24, 2.45) is 11.8 Å². The van der Waals surface area contributed by atoms with Crippen molar-refractivity contribution in [1.82, 2.24) is 10.2 Å². The third-order valence-corrected chi connectivity index (χ3v) is 14.2. The Labute approximate surface area is 306 Å². The smallest absolute Gasteiger partial charge is 0.264 e. The average Bonchev–Trinajstić information content (AvgIpc) is 3.56. The minimum atomic E-state index is -3.04. The Hall–Kier alpha value is -4.07. The van der Waals surface area contributed by atoms with Gasteiger partial charge in [-0.3, -0.25) is 14.4 Å². The van der Waals surface area contributed by atoms with Crippen LogP contribution < -0.4 is 20.3 Å². The molecule has 2 saturated heterocycles. The summed E-state index contributed by atoms with van der Waals surface area (Å²) in [4.78, 5) is 57.4. The highest BCUT2D eigenvalue weighted by Crippen LogP contribution is 2.60. The minimum absolute atomic E-state index is 0.0207. The molecule has 2 fully saturated rings. The molecule has 1 spiro atoms. The van der Waals surface area contributed by atoms with Gasteiger partial charge >= 0.3 is 0 Å². The Morgan fingerprint density at radius 2 is 1.88 bits per heavy atom. The van der Waals surface area contributed by atoms with E-state index < -0.39 is 31.5 Å². The number of amides is 3. The lowest BCUT2D eigenvalue weighted by molar-refractivity contribution is -0.151. The number of anilines is 2. The van der Waals surface area contributed by atoms with Crippen molar-refractivity contribution >= 4 is 37.4 Å². The van der Waals surface area contributed by atoms with Gasteiger partial charge in [-0.15, -0.1) is 0 Å². The molecule has 1 unspecified atom stereocenters. The molecule has 11 nitrogen and oxygen atoms in total. The fourth-order valence-electron chi connectivity index (χ4n) is 9.12. The highest BCUT2D eigenvalue weighted by molar-refractivity contribution is 6.71.